The van der Waals surface area contributed by atoms with Gasteiger partial charge in [0.15, 0.2) is 5.96 Å². The number of hydrogen-bond donors (Lipinski definition) is 2. The van der Waals surface area contributed by atoms with E-state index >= 15 is 0 Å². The number of nitrogens with one attached hydrogen (secondary N) is 2. The zero-order valence-electron chi connectivity index (χ0n) is 15.3. The van der Waals surface area contributed by atoms with Crippen LogP contribution < -0.4 is 10.6 Å². The summed E-state index contributed by atoms with van der Waals surface area (Å²) in [6.07, 6.45) is 1.81. The van der Waals surface area contributed by atoms with Crippen LogP contribution in [-0.4, -0.2) is 23.0 Å². The molecule has 2 N–H and O–H groups in total. The summed E-state index contributed by atoms with van der Waals surface area (Å²) in [6, 6.07) is 14.3. The topological polar surface area (TPSA) is 62.2 Å². The molecule has 134 valence electrons. The first-order valence-corrected chi connectivity index (χ1v) is 9.35. The van der Waals surface area contributed by atoms with Gasteiger partial charge in [-0.1, -0.05) is 24.3 Å². The molecule has 3 rings (SSSR count). The number of aliphatic imine (C=N–C) groups is 1. The second kappa shape index (κ2) is 8.58. The van der Waals surface area contributed by atoms with Gasteiger partial charge in [-0.2, -0.15) is 0 Å². The third-order valence-corrected chi connectivity index (χ3v) is 5.12. The molecule has 0 aliphatic heterocycles. The number of rotatable bonds is 5. The van der Waals surface area contributed by atoms with Gasteiger partial charge in [-0.25, -0.2) is 4.98 Å². The number of benzene rings is 1. The number of aromatic nitrogens is 2. The van der Waals surface area contributed by atoms with Gasteiger partial charge in [0.2, 0.25) is 0 Å². The summed E-state index contributed by atoms with van der Waals surface area (Å²) in [5.41, 5.74) is 4.37. The summed E-state index contributed by atoms with van der Waals surface area (Å²) >= 11 is 1.72. The number of pyridine rings is 1. The van der Waals surface area contributed by atoms with Crippen molar-refractivity contribution in [1.29, 1.82) is 0 Å². The highest BCUT2D eigenvalue weighted by Gasteiger charge is 2.05. The Morgan fingerprint density at radius 2 is 1.92 bits per heavy atom. The number of guanidine groups is 1. The van der Waals surface area contributed by atoms with Crippen molar-refractivity contribution in [3.8, 4) is 11.3 Å². The van der Waals surface area contributed by atoms with Gasteiger partial charge < -0.3 is 10.6 Å². The molecule has 2 heterocycles. The molecule has 0 amide bonds. The minimum atomic E-state index is 0.674. The molecular weight excluding hydrogens is 342 g/mol. The van der Waals surface area contributed by atoms with Crippen molar-refractivity contribution in [2.24, 2.45) is 4.99 Å². The van der Waals surface area contributed by atoms with E-state index in [1.165, 1.54) is 10.4 Å². The Morgan fingerprint density at radius 3 is 2.62 bits per heavy atom. The molecule has 0 saturated carbocycles. The first kappa shape index (κ1) is 18.1. The third-order valence-electron chi connectivity index (χ3n) is 4.05. The van der Waals surface area contributed by atoms with Crippen LogP contribution in [0.25, 0.3) is 11.3 Å². The highest BCUT2D eigenvalue weighted by atomic mass is 32.1. The zero-order valence-corrected chi connectivity index (χ0v) is 16.1. The predicted molar refractivity (Wildman–Crippen MR) is 108 cm³/mol. The van der Waals surface area contributed by atoms with Crippen molar-refractivity contribution in [3.05, 3.63) is 69.8 Å². The molecule has 0 bridgehead atoms. The molecule has 2 aromatic heterocycles. The van der Waals surface area contributed by atoms with Crippen LogP contribution >= 0.6 is 11.3 Å². The van der Waals surface area contributed by atoms with Gasteiger partial charge in [-0.3, -0.25) is 9.98 Å². The molecule has 1 aromatic carbocycles. The van der Waals surface area contributed by atoms with E-state index in [-0.39, 0.29) is 0 Å². The Balaban J connectivity index is 1.58. The van der Waals surface area contributed by atoms with Gasteiger partial charge >= 0.3 is 0 Å². The Labute approximate surface area is 158 Å². The molecule has 26 heavy (non-hydrogen) atoms. The van der Waals surface area contributed by atoms with Crippen molar-refractivity contribution in [2.45, 2.75) is 26.9 Å². The summed E-state index contributed by atoms with van der Waals surface area (Å²) in [7, 11) is 1.78. The summed E-state index contributed by atoms with van der Waals surface area (Å²) < 4.78 is 0. The minimum absolute atomic E-state index is 0.674. The largest absolute Gasteiger partial charge is 0.352 e. The molecular formula is C20H23N5S. The number of aryl methyl sites for hydroxylation is 2. The molecule has 0 spiro atoms. The van der Waals surface area contributed by atoms with Gasteiger partial charge in [-0.05, 0) is 37.6 Å². The maximum atomic E-state index is 4.55. The number of hydrogen-bond acceptors (Lipinski definition) is 4. The van der Waals surface area contributed by atoms with Crippen LogP contribution in [0.4, 0.5) is 0 Å². The molecule has 6 heteroatoms. The highest BCUT2D eigenvalue weighted by Crippen LogP contribution is 2.18. The first-order valence-electron chi connectivity index (χ1n) is 8.53. The van der Waals surface area contributed by atoms with Gasteiger partial charge in [0.25, 0.3) is 0 Å². The molecule has 0 aliphatic carbocycles. The van der Waals surface area contributed by atoms with Crippen LogP contribution in [0.3, 0.4) is 0 Å². The molecule has 0 aliphatic rings. The normalized spacial score (nSPS) is 11.4. The van der Waals surface area contributed by atoms with Crippen molar-refractivity contribution < 1.29 is 0 Å². The fraction of sp³-hybridized carbons (Fsp3) is 0.250. The van der Waals surface area contributed by atoms with E-state index in [1.54, 1.807) is 18.4 Å². The molecule has 0 radical (unpaired) electrons. The monoisotopic (exact) mass is 365 g/mol. The van der Waals surface area contributed by atoms with Gasteiger partial charge in [-0.15, -0.1) is 11.3 Å². The summed E-state index contributed by atoms with van der Waals surface area (Å²) in [5.74, 6) is 0.763. The standard InChI is InChI=1S/C20H23N5S/c1-14-15(2)26-19(25-14)13-24-20(21-3)23-12-16-7-6-8-17(11-16)18-9-4-5-10-22-18/h4-11H,12-13H2,1-3H3,(H2,21,23,24). The minimum Gasteiger partial charge on any atom is -0.352 e. The second-order valence-electron chi connectivity index (χ2n) is 5.94. The van der Waals surface area contributed by atoms with E-state index in [9.17, 15) is 0 Å². The summed E-state index contributed by atoms with van der Waals surface area (Å²) in [5, 5.41) is 7.74. The predicted octanol–water partition coefficient (Wildman–Crippen LogP) is 3.69. The number of thiazole rings is 1. The van der Waals surface area contributed by atoms with Crippen LogP contribution in [0.15, 0.2) is 53.7 Å². The first-order chi connectivity index (χ1) is 12.7. The van der Waals surface area contributed by atoms with E-state index in [0.29, 0.717) is 13.1 Å². The molecule has 0 atom stereocenters. The maximum absolute atomic E-state index is 4.55. The highest BCUT2D eigenvalue weighted by molar-refractivity contribution is 7.11. The molecule has 0 fully saturated rings. The van der Waals surface area contributed by atoms with E-state index in [1.807, 2.05) is 31.3 Å². The van der Waals surface area contributed by atoms with Crippen LogP contribution in [-0.2, 0) is 13.1 Å². The van der Waals surface area contributed by atoms with Crippen LogP contribution in [0, 0.1) is 13.8 Å². The van der Waals surface area contributed by atoms with Gasteiger partial charge in [0, 0.05) is 30.2 Å². The fourth-order valence-corrected chi connectivity index (χ4v) is 3.43. The van der Waals surface area contributed by atoms with E-state index in [2.05, 4.69) is 56.8 Å². The number of nitrogens with zero attached hydrogens (tertiary/aromatic N) is 3. The van der Waals surface area contributed by atoms with Crippen LogP contribution in [0.2, 0.25) is 0 Å². The lowest BCUT2D eigenvalue weighted by Crippen LogP contribution is -2.36. The lowest BCUT2D eigenvalue weighted by molar-refractivity contribution is 0.803. The van der Waals surface area contributed by atoms with Crippen molar-refractivity contribution in [1.82, 2.24) is 20.6 Å². The average molecular weight is 366 g/mol. The molecule has 0 unspecified atom stereocenters. The van der Waals surface area contributed by atoms with E-state index in [4.69, 9.17) is 0 Å². The third kappa shape index (κ3) is 4.67. The summed E-state index contributed by atoms with van der Waals surface area (Å²) in [6.45, 7) is 5.50. The van der Waals surface area contributed by atoms with Crippen LogP contribution in [0.1, 0.15) is 21.1 Å². The van der Waals surface area contributed by atoms with E-state index < -0.39 is 0 Å². The maximum Gasteiger partial charge on any atom is 0.191 e. The zero-order chi connectivity index (χ0) is 18.4. The second-order valence-corrected chi connectivity index (χ2v) is 7.23. The Kier molecular flexibility index (Phi) is 5.96. The average Bonchev–Trinajstić information content (AvgIpc) is 3.00. The van der Waals surface area contributed by atoms with Gasteiger partial charge in [0.05, 0.1) is 17.9 Å². The fourth-order valence-electron chi connectivity index (χ4n) is 2.55. The Bertz CT molecular complexity index is 867. The summed E-state index contributed by atoms with van der Waals surface area (Å²) in [4.78, 5) is 14.5. The van der Waals surface area contributed by atoms with Crippen molar-refractivity contribution in [3.63, 3.8) is 0 Å². The molecule has 3 aromatic rings. The smallest absolute Gasteiger partial charge is 0.191 e. The Morgan fingerprint density at radius 1 is 1.08 bits per heavy atom. The lowest BCUT2D eigenvalue weighted by atomic mass is 10.1. The lowest BCUT2D eigenvalue weighted by Gasteiger charge is -2.11. The van der Waals surface area contributed by atoms with Crippen LogP contribution in [0.5, 0.6) is 0 Å². The molecule has 0 saturated heterocycles. The molecule has 5 nitrogen and oxygen atoms in total. The van der Waals surface area contributed by atoms with E-state index in [0.717, 1.165) is 27.9 Å². The Hall–Kier alpha value is -2.73. The van der Waals surface area contributed by atoms with Crippen molar-refractivity contribution in [2.75, 3.05) is 7.05 Å². The quantitative estimate of drug-likeness (QED) is 0.535. The van der Waals surface area contributed by atoms with Crippen molar-refractivity contribution >= 4 is 17.3 Å². The SMILES string of the molecule is CN=C(NCc1cccc(-c2ccccn2)c1)NCc1nc(C)c(C)s1. The van der Waals surface area contributed by atoms with Gasteiger partial charge in [0.1, 0.15) is 5.01 Å².